The number of aryl methyl sites for hydroxylation is 2. The third kappa shape index (κ3) is 4.28. The van der Waals surface area contributed by atoms with E-state index in [1.807, 2.05) is 30.0 Å². The van der Waals surface area contributed by atoms with Crippen LogP contribution in [0, 0.1) is 33.6 Å². The molecule has 4 atom stereocenters. The molecule has 3 aromatic rings. The number of rotatable bonds is 6. The average Bonchev–Trinajstić information content (AvgIpc) is 3.21. The van der Waals surface area contributed by atoms with Gasteiger partial charge in [-0.25, -0.2) is 0 Å². The molecule has 1 N–H and O–H groups in total. The van der Waals surface area contributed by atoms with Crippen molar-refractivity contribution in [2.24, 2.45) is 5.92 Å². The number of benzene rings is 3. The van der Waals surface area contributed by atoms with Crippen molar-refractivity contribution in [2.75, 3.05) is 0 Å². The lowest BCUT2D eigenvalue weighted by atomic mass is 9.71. The van der Waals surface area contributed by atoms with Crippen LogP contribution < -0.4 is 0 Å². The zero-order chi connectivity index (χ0) is 22.9. The van der Waals surface area contributed by atoms with Crippen molar-refractivity contribution in [1.82, 2.24) is 0 Å². The van der Waals surface area contributed by atoms with Crippen LogP contribution in [0.25, 0.3) is 0 Å². The van der Waals surface area contributed by atoms with Crippen LogP contribution in [-0.2, 0) is 5.41 Å². The van der Waals surface area contributed by atoms with Gasteiger partial charge in [-0.3, -0.25) is 0 Å². The number of aliphatic hydroxyl groups is 1. The van der Waals surface area contributed by atoms with Gasteiger partial charge in [0.15, 0.2) is 0 Å². The molecule has 1 saturated carbocycles. The molecule has 1 aliphatic rings. The summed E-state index contributed by atoms with van der Waals surface area (Å²) in [4.78, 5) is 1.35. The molecule has 0 radical (unpaired) electrons. The summed E-state index contributed by atoms with van der Waals surface area (Å²) in [6.45, 7) is 11.3. The van der Waals surface area contributed by atoms with E-state index in [2.05, 4.69) is 83.1 Å². The van der Waals surface area contributed by atoms with Crippen LogP contribution in [0.2, 0.25) is 0 Å². The Bertz CT molecular complexity index is 1030. The van der Waals surface area contributed by atoms with E-state index in [0.717, 1.165) is 12.0 Å². The molecule has 0 bridgehead atoms. The predicted octanol–water partition coefficient (Wildman–Crippen LogP) is 7.87. The van der Waals surface area contributed by atoms with Crippen molar-refractivity contribution in [3.05, 3.63) is 100 Å². The van der Waals surface area contributed by atoms with Crippen LogP contribution >= 0.6 is 11.8 Å². The number of hydrogen-bond donors (Lipinski definition) is 1. The van der Waals surface area contributed by atoms with E-state index in [9.17, 15) is 5.11 Å². The molecule has 1 aliphatic carbocycles. The van der Waals surface area contributed by atoms with Crippen molar-refractivity contribution in [3.63, 3.8) is 0 Å². The van der Waals surface area contributed by atoms with Gasteiger partial charge in [0.1, 0.15) is 0 Å². The molecule has 0 saturated heterocycles. The zero-order valence-electron chi connectivity index (χ0n) is 20.1. The Labute approximate surface area is 198 Å². The summed E-state index contributed by atoms with van der Waals surface area (Å²) in [5.74, 6) is 0.393. The van der Waals surface area contributed by atoms with Gasteiger partial charge in [0.05, 0.1) is 6.10 Å². The molecule has 0 aromatic heterocycles. The highest BCUT2D eigenvalue weighted by Gasteiger charge is 2.47. The third-order valence-electron chi connectivity index (χ3n) is 7.86. The zero-order valence-corrected chi connectivity index (χ0v) is 20.9. The topological polar surface area (TPSA) is 20.2 Å². The first-order valence-electron chi connectivity index (χ1n) is 11.9. The predicted molar refractivity (Wildman–Crippen MR) is 138 cm³/mol. The fourth-order valence-electron chi connectivity index (χ4n) is 5.60. The van der Waals surface area contributed by atoms with E-state index < -0.39 is 6.10 Å². The van der Waals surface area contributed by atoms with Crippen LogP contribution in [0.1, 0.15) is 65.7 Å². The monoisotopic (exact) mass is 444 g/mol. The van der Waals surface area contributed by atoms with E-state index in [1.165, 1.54) is 45.6 Å². The lowest BCUT2D eigenvalue weighted by Crippen LogP contribution is -2.37. The quantitative estimate of drug-likeness (QED) is 0.390. The van der Waals surface area contributed by atoms with Gasteiger partial charge in [0.25, 0.3) is 0 Å². The Balaban J connectivity index is 1.81. The molecule has 4 rings (SSSR count). The van der Waals surface area contributed by atoms with E-state index in [-0.39, 0.29) is 10.7 Å². The van der Waals surface area contributed by atoms with E-state index in [1.54, 1.807) is 0 Å². The van der Waals surface area contributed by atoms with E-state index in [4.69, 9.17) is 0 Å². The van der Waals surface area contributed by atoms with Crippen molar-refractivity contribution < 1.29 is 5.11 Å². The molecular weight excluding hydrogens is 408 g/mol. The number of hydrogen-bond acceptors (Lipinski definition) is 2. The van der Waals surface area contributed by atoms with Gasteiger partial charge < -0.3 is 5.11 Å². The Morgan fingerprint density at radius 2 is 1.44 bits per heavy atom. The maximum absolute atomic E-state index is 11.8. The fourth-order valence-corrected chi connectivity index (χ4v) is 7.43. The minimum absolute atomic E-state index is 0.0648. The summed E-state index contributed by atoms with van der Waals surface area (Å²) in [6.07, 6.45) is 3.02. The molecule has 168 valence electrons. The maximum atomic E-state index is 11.8. The molecule has 1 nitrogen and oxygen atoms in total. The van der Waals surface area contributed by atoms with Crippen molar-refractivity contribution in [3.8, 4) is 0 Å². The first-order chi connectivity index (χ1) is 15.3. The van der Waals surface area contributed by atoms with Crippen LogP contribution in [0.3, 0.4) is 0 Å². The van der Waals surface area contributed by atoms with E-state index >= 15 is 0 Å². The van der Waals surface area contributed by atoms with Gasteiger partial charge in [0.2, 0.25) is 0 Å². The van der Waals surface area contributed by atoms with Gasteiger partial charge >= 0.3 is 0 Å². The minimum atomic E-state index is -0.507. The van der Waals surface area contributed by atoms with Crippen LogP contribution in [0.4, 0.5) is 0 Å². The first kappa shape index (κ1) is 23.1. The summed E-state index contributed by atoms with van der Waals surface area (Å²) < 4.78 is 0. The van der Waals surface area contributed by atoms with Crippen molar-refractivity contribution >= 4 is 11.8 Å². The summed E-state index contributed by atoms with van der Waals surface area (Å²) in [5, 5.41) is 11.9. The summed E-state index contributed by atoms with van der Waals surface area (Å²) in [5.41, 5.74) is 7.86. The van der Waals surface area contributed by atoms with Crippen LogP contribution in [0.5, 0.6) is 0 Å². The Morgan fingerprint density at radius 1 is 0.875 bits per heavy atom. The summed E-state index contributed by atoms with van der Waals surface area (Å²) >= 11 is 1.92. The Kier molecular flexibility index (Phi) is 6.83. The molecule has 0 amide bonds. The highest BCUT2D eigenvalue weighted by Crippen LogP contribution is 2.54. The van der Waals surface area contributed by atoms with Gasteiger partial charge in [0, 0.05) is 10.1 Å². The third-order valence-corrected chi connectivity index (χ3v) is 9.57. The smallest absolute Gasteiger partial charge is 0.0915 e. The summed E-state index contributed by atoms with van der Waals surface area (Å²) in [7, 11) is 0. The molecule has 0 heterocycles. The van der Waals surface area contributed by atoms with Crippen molar-refractivity contribution in [2.45, 2.75) is 75.5 Å². The fraction of sp³-hybridized carbons (Fsp3) is 0.400. The standard InChI is InChI=1S/C30H36OS/c1-20-19-21(2)23(4)28(22(20)3)32-29(27(31)24-13-8-6-9-14-24)26-17-12-18-30(26,5)25-15-10-7-11-16-25/h6-11,13-16,19,26-27,29,31H,12,17-18H2,1-5H3/t26-,27+,29+,30-/m0/s1. The van der Waals surface area contributed by atoms with Gasteiger partial charge in [-0.15, -0.1) is 11.8 Å². The molecule has 2 heteroatoms. The van der Waals surface area contributed by atoms with Gasteiger partial charge in [-0.2, -0.15) is 0 Å². The lowest BCUT2D eigenvalue weighted by Gasteiger charge is -2.40. The second-order valence-corrected chi connectivity index (χ2v) is 11.0. The average molecular weight is 445 g/mol. The highest BCUT2D eigenvalue weighted by atomic mass is 32.2. The minimum Gasteiger partial charge on any atom is -0.387 e. The Morgan fingerprint density at radius 3 is 2.03 bits per heavy atom. The second kappa shape index (κ2) is 9.45. The lowest BCUT2D eigenvalue weighted by molar-refractivity contribution is 0.135. The molecule has 0 spiro atoms. The number of aliphatic hydroxyl groups excluding tert-OH is 1. The molecule has 32 heavy (non-hydrogen) atoms. The van der Waals surface area contributed by atoms with Gasteiger partial charge in [-0.1, -0.05) is 80.1 Å². The number of thioether (sulfide) groups is 1. The first-order valence-corrected chi connectivity index (χ1v) is 12.7. The Hall–Kier alpha value is -2.03. The van der Waals surface area contributed by atoms with E-state index in [0.29, 0.717) is 5.92 Å². The van der Waals surface area contributed by atoms with Gasteiger partial charge in [-0.05, 0) is 85.3 Å². The highest BCUT2D eigenvalue weighted by molar-refractivity contribution is 8.00. The second-order valence-electron chi connectivity index (χ2n) is 9.81. The molecule has 3 aromatic carbocycles. The SMILES string of the molecule is Cc1cc(C)c(C)c(S[C@@H]([C@H](O)c2ccccc2)[C@@H]2CCC[C@@]2(C)c2ccccc2)c1C. The molecular formula is C30H36OS. The van der Waals surface area contributed by atoms with Crippen molar-refractivity contribution in [1.29, 1.82) is 0 Å². The van der Waals surface area contributed by atoms with Crippen LogP contribution in [-0.4, -0.2) is 10.4 Å². The molecule has 1 fully saturated rings. The summed E-state index contributed by atoms with van der Waals surface area (Å²) in [6, 6.07) is 23.5. The molecule has 0 unspecified atom stereocenters. The normalized spacial score (nSPS) is 22.6. The largest absolute Gasteiger partial charge is 0.387 e. The van der Waals surface area contributed by atoms with Crippen LogP contribution in [0.15, 0.2) is 71.6 Å². The maximum Gasteiger partial charge on any atom is 0.0915 e. The molecule has 0 aliphatic heterocycles.